The third-order valence-electron chi connectivity index (χ3n) is 2.66. The Morgan fingerprint density at radius 3 is 2.89 bits per heavy atom. The van der Waals surface area contributed by atoms with Crippen LogP contribution in [0.2, 0.25) is 0 Å². The van der Waals surface area contributed by atoms with Gasteiger partial charge in [0, 0.05) is 28.7 Å². The van der Waals surface area contributed by atoms with Gasteiger partial charge >= 0.3 is 5.97 Å². The molecule has 1 aromatic carbocycles. The Labute approximate surface area is 100 Å². The highest BCUT2D eigenvalue weighted by molar-refractivity contribution is 5.96. The zero-order valence-corrected chi connectivity index (χ0v) is 9.04. The van der Waals surface area contributed by atoms with Crippen LogP contribution in [-0.2, 0) is 0 Å². The minimum absolute atomic E-state index is 0.126. The first kappa shape index (κ1) is 10.4. The summed E-state index contributed by atoms with van der Waals surface area (Å²) in [5.41, 5.74) is 1.32. The van der Waals surface area contributed by atoms with Crippen LogP contribution in [0.25, 0.3) is 22.2 Å². The number of aromatic nitrogens is 2. The number of hydrogen-bond donors (Lipinski definition) is 3. The van der Waals surface area contributed by atoms with Gasteiger partial charge < -0.3 is 19.7 Å². The number of aromatic amines is 1. The normalized spacial score (nSPS) is 10.9. The molecule has 3 aromatic rings. The maximum Gasteiger partial charge on any atom is 0.358 e. The van der Waals surface area contributed by atoms with E-state index in [4.69, 9.17) is 9.63 Å². The molecule has 0 amide bonds. The number of carbonyl (C=O) groups is 1. The van der Waals surface area contributed by atoms with Gasteiger partial charge in [-0.05, 0) is 18.2 Å². The molecule has 3 N–H and O–H groups in total. The molecule has 0 aliphatic carbocycles. The van der Waals surface area contributed by atoms with Crippen LogP contribution in [0.1, 0.15) is 10.5 Å². The average molecular weight is 244 g/mol. The van der Waals surface area contributed by atoms with Gasteiger partial charge in [-0.15, -0.1) is 0 Å². The Hall–Kier alpha value is -2.76. The molecule has 0 fully saturated rings. The molecule has 0 saturated carbocycles. The lowest BCUT2D eigenvalue weighted by Gasteiger charge is -1.94. The molecule has 0 aliphatic heterocycles. The Morgan fingerprint density at radius 1 is 1.33 bits per heavy atom. The molecule has 90 valence electrons. The molecular weight excluding hydrogens is 236 g/mol. The zero-order chi connectivity index (χ0) is 12.7. The fourth-order valence-corrected chi connectivity index (χ4v) is 1.82. The number of nitrogens with zero attached hydrogens (tertiary/aromatic N) is 1. The topological polar surface area (TPSA) is 99.3 Å². The van der Waals surface area contributed by atoms with E-state index in [-0.39, 0.29) is 11.4 Å². The molecule has 0 radical (unpaired) electrons. The molecule has 0 bridgehead atoms. The van der Waals surface area contributed by atoms with Crippen molar-refractivity contribution in [2.24, 2.45) is 0 Å². The summed E-state index contributed by atoms with van der Waals surface area (Å²) in [5, 5.41) is 22.4. The predicted octanol–water partition coefficient (Wildman–Crippen LogP) is 2.23. The summed E-state index contributed by atoms with van der Waals surface area (Å²) in [5.74, 6) is -0.682. The van der Waals surface area contributed by atoms with Gasteiger partial charge in [0.05, 0.1) is 0 Å². The fourth-order valence-electron chi connectivity index (χ4n) is 1.82. The first-order chi connectivity index (χ1) is 8.65. The number of benzene rings is 1. The van der Waals surface area contributed by atoms with Crippen LogP contribution >= 0.6 is 0 Å². The van der Waals surface area contributed by atoms with Crippen LogP contribution in [0.15, 0.2) is 35.0 Å². The van der Waals surface area contributed by atoms with Crippen molar-refractivity contribution >= 4 is 16.9 Å². The first-order valence-electron chi connectivity index (χ1n) is 5.15. The number of carboxylic acids is 1. The smallest absolute Gasteiger partial charge is 0.358 e. The maximum atomic E-state index is 10.7. The lowest BCUT2D eigenvalue weighted by molar-refractivity contribution is 0.0686. The van der Waals surface area contributed by atoms with Crippen molar-refractivity contribution in [3.8, 4) is 17.1 Å². The van der Waals surface area contributed by atoms with E-state index in [1.807, 2.05) is 0 Å². The molecule has 0 aliphatic rings. The molecule has 6 nitrogen and oxygen atoms in total. The third-order valence-corrected chi connectivity index (χ3v) is 2.66. The summed E-state index contributed by atoms with van der Waals surface area (Å²) >= 11 is 0. The van der Waals surface area contributed by atoms with Crippen molar-refractivity contribution < 1.29 is 19.5 Å². The van der Waals surface area contributed by atoms with Crippen LogP contribution < -0.4 is 0 Å². The lowest BCUT2D eigenvalue weighted by Crippen LogP contribution is -1.94. The van der Waals surface area contributed by atoms with Crippen molar-refractivity contribution in [2.75, 3.05) is 0 Å². The summed E-state index contributed by atoms with van der Waals surface area (Å²) < 4.78 is 4.99. The van der Waals surface area contributed by atoms with Crippen LogP contribution in [0.3, 0.4) is 0 Å². The van der Waals surface area contributed by atoms with Crippen LogP contribution in [0, 0.1) is 0 Å². The van der Waals surface area contributed by atoms with Crippen molar-refractivity contribution in [3.63, 3.8) is 0 Å². The summed E-state index contributed by atoms with van der Waals surface area (Å²) in [6.07, 6.45) is 1.68. The number of carboxylic acid groups (broad SMARTS) is 1. The molecule has 2 heterocycles. The monoisotopic (exact) mass is 244 g/mol. The van der Waals surface area contributed by atoms with E-state index in [0.717, 1.165) is 10.9 Å². The molecular formula is C12H8N2O4. The van der Waals surface area contributed by atoms with Crippen molar-refractivity contribution in [1.82, 2.24) is 10.1 Å². The Kier molecular flexibility index (Phi) is 2.09. The minimum Gasteiger partial charge on any atom is -0.508 e. The van der Waals surface area contributed by atoms with Gasteiger partial charge in [-0.1, -0.05) is 5.16 Å². The second kappa shape index (κ2) is 3.63. The average Bonchev–Trinajstić information content (AvgIpc) is 2.93. The molecule has 0 saturated heterocycles. The van der Waals surface area contributed by atoms with Gasteiger partial charge in [-0.3, -0.25) is 0 Å². The Bertz CT molecular complexity index is 741. The number of phenolic OH excluding ortho intramolecular Hbond substituents is 1. The Morgan fingerprint density at radius 2 is 2.17 bits per heavy atom. The highest BCUT2D eigenvalue weighted by Crippen LogP contribution is 2.31. The molecule has 2 aromatic heterocycles. The van der Waals surface area contributed by atoms with E-state index in [1.54, 1.807) is 24.4 Å². The zero-order valence-electron chi connectivity index (χ0n) is 9.04. The fraction of sp³-hybridized carbons (Fsp3) is 0. The molecule has 3 rings (SSSR count). The van der Waals surface area contributed by atoms with Gasteiger partial charge in [-0.2, -0.15) is 0 Å². The Balaban J connectivity index is 2.18. The highest BCUT2D eigenvalue weighted by Gasteiger charge is 2.15. The van der Waals surface area contributed by atoms with Gasteiger partial charge in [0.15, 0.2) is 11.5 Å². The van der Waals surface area contributed by atoms with Crippen molar-refractivity contribution in [2.45, 2.75) is 0 Å². The minimum atomic E-state index is -1.15. The number of fused-ring (bicyclic) bond motifs is 1. The lowest BCUT2D eigenvalue weighted by atomic mass is 10.1. The van der Waals surface area contributed by atoms with E-state index < -0.39 is 5.97 Å². The van der Waals surface area contributed by atoms with Crippen LogP contribution in [0.4, 0.5) is 0 Å². The highest BCUT2D eigenvalue weighted by atomic mass is 16.5. The van der Waals surface area contributed by atoms with Crippen LogP contribution in [-0.4, -0.2) is 26.3 Å². The molecule has 18 heavy (non-hydrogen) atoms. The number of nitrogens with one attached hydrogen (secondary N) is 1. The predicted molar refractivity (Wildman–Crippen MR) is 62.4 cm³/mol. The van der Waals surface area contributed by atoms with E-state index in [9.17, 15) is 9.90 Å². The van der Waals surface area contributed by atoms with E-state index in [2.05, 4.69) is 10.1 Å². The number of hydrogen-bond acceptors (Lipinski definition) is 4. The van der Waals surface area contributed by atoms with E-state index in [1.165, 1.54) is 6.07 Å². The SMILES string of the molecule is O=C(O)c1cc(-c2c[nH]c3ccc(O)cc23)on1. The number of H-pyrrole nitrogens is 1. The van der Waals surface area contributed by atoms with Gasteiger partial charge in [0.25, 0.3) is 0 Å². The number of aromatic hydroxyl groups is 1. The number of phenols is 1. The number of rotatable bonds is 2. The van der Waals surface area contributed by atoms with Gasteiger partial charge in [0.1, 0.15) is 5.75 Å². The maximum absolute atomic E-state index is 10.7. The van der Waals surface area contributed by atoms with Crippen LogP contribution in [0.5, 0.6) is 5.75 Å². The molecule has 0 unspecified atom stereocenters. The summed E-state index contributed by atoms with van der Waals surface area (Å²) in [6.45, 7) is 0. The molecule has 0 spiro atoms. The van der Waals surface area contributed by atoms with E-state index in [0.29, 0.717) is 11.3 Å². The van der Waals surface area contributed by atoms with Gasteiger partial charge in [-0.25, -0.2) is 4.79 Å². The second-order valence-corrected chi connectivity index (χ2v) is 3.81. The summed E-state index contributed by atoms with van der Waals surface area (Å²) in [6, 6.07) is 6.20. The molecule has 6 heteroatoms. The first-order valence-corrected chi connectivity index (χ1v) is 5.15. The summed E-state index contributed by atoms with van der Waals surface area (Å²) in [4.78, 5) is 13.7. The number of aromatic carboxylic acids is 1. The second-order valence-electron chi connectivity index (χ2n) is 3.81. The third kappa shape index (κ3) is 1.51. The van der Waals surface area contributed by atoms with Gasteiger partial charge in [0.2, 0.25) is 0 Å². The van der Waals surface area contributed by atoms with E-state index >= 15 is 0 Å². The quantitative estimate of drug-likeness (QED) is 0.641. The largest absolute Gasteiger partial charge is 0.508 e. The van der Waals surface area contributed by atoms with Crippen molar-refractivity contribution in [1.29, 1.82) is 0 Å². The summed E-state index contributed by atoms with van der Waals surface area (Å²) in [7, 11) is 0. The van der Waals surface area contributed by atoms with Crippen molar-refractivity contribution in [3.05, 3.63) is 36.2 Å². The standard InChI is InChI=1S/C12H8N2O4/c15-6-1-2-9-7(3-6)8(5-13-9)11-4-10(12(16)17)14-18-11/h1-5,13,15H,(H,16,17). The molecule has 0 atom stereocenters.